The lowest BCUT2D eigenvalue weighted by atomic mass is 10.2. The quantitative estimate of drug-likeness (QED) is 0.538. The number of rotatable bonds is 3. The highest BCUT2D eigenvalue weighted by Gasteiger charge is 2.35. The zero-order valence-corrected chi connectivity index (χ0v) is 17.2. The number of nitrogens with zero attached hydrogens (tertiary/aromatic N) is 1. The summed E-state index contributed by atoms with van der Waals surface area (Å²) < 4.78 is 0.979. The van der Waals surface area contributed by atoms with E-state index in [0.29, 0.717) is 30.0 Å². The van der Waals surface area contributed by atoms with Gasteiger partial charge in [-0.3, -0.25) is 14.5 Å². The van der Waals surface area contributed by atoms with Crippen LogP contribution >= 0.6 is 55.2 Å². The largest absolute Gasteiger partial charge is 0.506 e. The summed E-state index contributed by atoms with van der Waals surface area (Å²) in [5.41, 5.74) is 1.39. The summed E-state index contributed by atoms with van der Waals surface area (Å²) in [6, 6.07) is 10.4. The second kappa shape index (κ2) is 7.53. The molecule has 2 aromatic rings. The molecule has 0 aromatic heterocycles. The Kier molecular flexibility index (Phi) is 5.58. The summed E-state index contributed by atoms with van der Waals surface area (Å²) in [5, 5.41) is 9.93. The minimum Gasteiger partial charge on any atom is -0.506 e. The van der Waals surface area contributed by atoms with Gasteiger partial charge in [0.25, 0.3) is 11.1 Å². The number of hydrogen-bond donors (Lipinski definition) is 1. The van der Waals surface area contributed by atoms with Gasteiger partial charge in [-0.1, -0.05) is 29.8 Å². The Bertz CT molecular complexity index is 894. The maximum atomic E-state index is 12.6. The maximum Gasteiger partial charge on any atom is 0.293 e. The van der Waals surface area contributed by atoms with Gasteiger partial charge in [-0.15, -0.1) is 0 Å². The van der Waals surface area contributed by atoms with Gasteiger partial charge < -0.3 is 5.11 Å². The van der Waals surface area contributed by atoms with Crippen LogP contribution in [0.3, 0.4) is 0 Å². The summed E-state index contributed by atoms with van der Waals surface area (Å²) in [5.74, 6) is -0.292. The van der Waals surface area contributed by atoms with Crippen LogP contribution in [0, 0.1) is 0 Å². The van der Waals surface area contributed by atoms with E-state index in [1.54, 1.807) is 36.4 Å². The fraction of sp³-hybridized carbons (Fsp3) is 0.0588. The van der Waals surface area contributed by atoms with E-state index in [9.17, 15) is 14.7 Å². The van der Waals surface area contributed by atoms with Crippen LogP contribution in [0.15, 0.2) is 50.2 Å². The maximum absolute atomic E-state index is 12.6. The molecule has 0 bridgehead atoms. The normalized spacial score (nSPS) is 16.1. The van der Waals surface area contributed by atoms with Crippen molar-refractivity contribution >= 4 is 72.4 Å². The van der Waals surface area contributed by atoms with Crippen molar-refractivity contribution in [2.75, 3.05) is 0 Å². The number of aromatic hydroxyl groups is 1. The standard InChI is InChI=1S/C17H10Br2ClNO3S/c18-11-5-9(6-12(19)15(11)22)7-14-16(23)21(17(24)25-14)8-10-3-1-2-4-13(10)20/h1-7,22H,8H2/b14-7-. The number of halogens is 3. The zero-order valence-electron chi connectivity index (χ0n) is 12.5. The summed E-state index contributed by atoms with van der Waals surface area (Å²) in [4.78, 5) is 26.3. The molecule has 1 heterocycles. The minimum absolute atomic E-state index is 0.0731. The van der Waals surface area contributed by atoms with Gasteiger partial charge >= 0.3 is 0 Å². The molecule has 1 saturated heterocycles. The number of thioether (sulfide) groups is 1. The van der Waals surface area contributed by atoms with Crippen LogP contribution in [0.4, 0.5) is 4.79 Å². The molecule has 1 aliphatic rings. The van der Waals surface area contributed by atoms with Crippen LogP contribution in [0.5, 0.6) is 5.75 Å². The molecule has 1 N–H and O–H groups in total. The molecule has 1 fully saturated rings. The van der Waals surface area contributed by atoms with Gasteiger partial charge in [0.1, 0.15) is 5.75 Å². The van der Waals surface area contributed by atoms with Crippen LogP contribution in [0.1, 0.15) is 11.1 Å². The number of carbonyl (C=O) groups excluding carboxylic acids is 2. The molecule has 3 rings (SSSR count). The molecule has 1 aliphatic heterocycles. The first kappa shape index (κ1) is 18.5. The van der Waals surface area contributed by atoms with Crippen molar-refractivity contribution < 1.29 is 14.7 Å². The van der Waals surface area contributed by atoms with Crippen molar-refractivity contribution in [3.63, 3.8) is 0 Å². The molecule has 2 aromatic carbocycles. The van der Waals surface area contributed by atoms with E-state index < -0.39 is 0 Å². The predicted molar refractivity (Wildman–Crippen MR) is 106 cm³/mol. The molecule has 8 heteroatoms. The summed E-state index contributed by atoms with van der Waals surface area (Å²) in [6.07, 6.45) is 1.62. The Morgan fingerprint density at radius 3 is 2.44 bits per heavy atom. The monoisotopic (exact) mass is 501 g/mol. The third-order valence-corrected chi connectivity index (χ3v) is 5.98. The van der Waals surface area contributed by atoms with E-state index in [-0.39, 0.29) is 23.4 Å². The first-order valence-corrected chi connectivity index (χ1v) is 9.81. The van der Waals surface area contributed by atoms with Gasteiger partial charge in [0.15, 0.2) is 0 Å². The van der Waals surface area contributed by atoms with Gasteiger partial charge in [0, 0.05) is 5.02 Å². The SMILES string of the molecule is O=C1S/C(=C\c2cc(Br)c(O)c(Br)c2)C(=O)N1Cc1ccccc1Cl. The molecule has 0 saturated carbocycles. The fourth-order valence-electron chi connectivity index (χ4n) is 2.25. The smallest absolute Gasteiger partial charge is 0.293 e. The molecule has 0 unspecified atom stereocenters. The van der Waals surface area contributed by atoms with Gasteiger partial charge in [-0.25, -0.2) is 0 Å². The van der Waals surface area contributed by atoms with E-state index in [1.807, 2.05) is 6.07 Å². The molecule has 0 aliphatic carbocycles. The number of carbonyl (C=O) groups is 2. The fourth-order valence-corrected chi connectivity index (χ4v) is 4.51. The average Bonchev–Trinajstić information content (AvgIpc) is 2.82. The molecule has 128 valence electrons. The zero-order chi connectivity index (χ0) is 18.1. The van der Waals surface area contributed by atoms with E-state index in [4.69, 9.17) is 11.6 Å². The van der Waals surface area contributed by atoms with Crippen molar-refractivity contribution in [2.45, 2.75) is 6.54 Å². The van der Waals surface area contributed by atoms with Gasteiger partial charge in [0.05, 0.1) is 20.4 Å². The highest BCUT2D eigenvalue weighted by molar-refractivity contribution is 9.11. The number of benzene rings is 2. The molecule has 4 nitrogen and oxygen atoms in total. The summed E-state index contributed by atoms with van der Waals surface area (Å²) in [7, 11) is 0. The van der Waals surface area contributed by atoms with E-state index in [1.165, 1.54) is 4.90 Å². The molecule has 0 spiro atoms. The Hall–Kier alpha value is -1.28. The van der Waals surface area contributed by atoms with Crippen LogP contribution < -0.4 is 0 Å². The molecular weight excluding hydrogens is 494 g/mol. The van der Waals surface area contributed by atoms with Crippen molar-refractivity contribution in [1.29, 1.82) is 0 Å². The van der Waals surface area contributed by atoms with Crippen molar-refractivity contribution in [3.05, 3.63) is 66.4 Å². The van der Waals surface area contributed by atoms with Crippen molar-refractivity contribution in [2.24, 2.45) is 0 Å². The topological polar surface area (TPSA) is 57.6 Å². The summed E-state index contributed by atoms with van der Waals surface area (Å²) in [6.45, 7) is 0.130. The highest BCUT2D eigenvalue weighted by Crippen LogP contribution is 2.37. The first-order valence-electron chi connectivity index (χ1n) is 7.03. The Balaban J connectivity index is 1.87. The highest BCUT2D eigenvalue weighted by atomic mass is 79.9. The number of phenolic OH excluding ortho intramolecular Hbond substituents is 1. The average molecular weight is 504 g/mol. The van der Waals surface area contributed by atoms with E-state index in [2.05, 4.69) is 31.9 Å². The first-order chi connectivity index (χ1) is 11.9. The molecule has 0 radical (unpaired) electrons. The number of phenols is 1. The number of amides is 2. The number of imide groups is 1. The predicted octanol–water partition coefficient (Wildman–Crippen LogP) is 5.81. The Morgan fingerprint density at radius 1 is 1.16 bits per heavy atom. The third kappa shape index (κ3) is 3.95. The number of hydrogen-bond acceptors (Lipinski definition) is 4. The van der Waals surface area contributed by atoms with Crippen molar-refractivity contribution in [3.8, 4) is 5.75 Å². The second-order valence-corrected chi connectivity index (χ2v) is 8.30. The minimum atomic E-state index is -0.366. The Morgan fingerprint density at radius 2 is 1.80 bits per heavy atom. The van der Waals surface area contributed by atoms with Crippen molar-refractivity contribution in [1.82, 2.24) is 4.90 Å². The van der Waals surface area contributed by atoms with Gasteiger partial charge in [-0.2, -0.15) is 0 Å². The third-order valence-electron chi connectivity index (χ3n) is 3.50. The lowest BCUT2D eigenvalue weighted by molar-refractivity contribution is -0.123. The lowest BCUT2D eigenvalue weighted by Gasteiger charge is -2.13. The van der Waals surface area contributed by atoms with E-state index >= 15 is 0 Å². The van der Waals surface area contributed by atoms with Crippen LogP contribution in [0.2, 0.25) is 5.02 Å². The lowest BCUT2D eigenvalue weighted by Crippen LogP contribution is -2.27. The molecular formula is C17H10Br2ClNO3S. The summed E-state index contributed by atoms with van der Waals surface area (Å²) >= 11 is 13.5. The van der Waals surface area contributed by atoms with Crippen LogP contribution in [-0.4, -0.2) is 21.2 Å². The van der Waals surface area contributed by atoms with Gasteiger partial charge in [-0.05, 0) is 79.0 Å². The molecule has 25 heavy (non-hydrogen) atoms. The van der Waals surface area contributed by atoms with E-state index in [0.717, 1.165) is 11.8 Å². The Labute approximate surface area is 170 Å². The van der Waals surface area contributed by atoms with Crippen LogP contribution in [-0.2, 0) is 11.3 Å². The second-order valence-electron chi connectivity index (χ2n) is 5.19. The molecule has 2 amide bonds. The van der Waals surface area contributed by atoms with Crippen LogP contribution in [0.25, 0.3) is 6.08 Å². The molecule has 0 atom stereocenters. The van der Waals surface area contributed by atoms with Gasteiger partial charge in [0.2, 0.25) is 0 Å².